The molecule has 2 rings (SSSR count). The fourth-order valence-corrected chi connectivity index (χ4v) is 2.09. The number of rotatable bonds is 2. The van der Waals surface area contributed by atoms with Crippen molar-refractivity contribution in [2.75, 3.05) is 11.4 Å². The lowest BCUT2D eigenvalue weighted by molar-refractivity contribution is -0.137. The van der Waals surface area contributed by atoms with Crippen molar-refractivity contribution in [2.45, 2.75) is 19.9 Å². The largest absolute Gasteiger partial charge is 0.480 e. The second kappa shape index (κ2) is 4.08. The molecule has 5 heteroatoms. The summed E-state index contributed by atoms with van der Waals surface area (Å²) in [5.74, 6) is -0.998. The van der Waals surface area contributed by atoms with Crippen molar-refractivity contribution in [2.24, 2.45) is 0 Å². The summed E-state index contributed by atoms with van der Waals surface area (Å²) < 4.78 is 0. The van der Waals surface area contributed by atoms with E-state index in [1.165, 1.54) is 4.90 Å². The number of aryl methyl sites for hydroxylation is 2. The third-order valence-electron chi connectivity index (χ3n) is 2.75. The zero-order valence-electron chi connectivity index (χ0n) is 9.73. The Morgan fingerprint density at radius 2 is 1.94 bits per heavy atom. The maximum Gasteiger partial charge on any atom is 0.328 e. The topological polar surface area (TPSA) is 69.6 Å². The highest BCUT2D eigenvalue weighted by molar-refractivity contribution is 6.01. The molecule has 1 aliphatic heterocycles. The van der Waals surface area contributed by atoms with E-state index in [-0.39, 0.29) is 12.6 Å². The van der Waals surface area contributed by atoms with E-state index in [4.69, 9.17) is 5.11 Å². The van der Waals surface area contributed by atoms with Gasteiger partial charge in [0.1, 0.15) is 0 Å². The highest BCUT2D eigenvalue weighted by atomic mass is 16.4. The van der Waals surface area contributed by atoms with E-state index >= 15 is 0 Å². The number of amides is 2. The highest BCUT2D eigenvalue weighted by Crippen LogP contribution is 2.23. The van der Waals surface area contributed by atoms with Gasteiger partial charge < -0.3 is 10.4 Å². The molecule has 1 fully saturated rings. The Balaban J connectivity index is 2.42. The van der Waals surface area contributed by atoms with E-state index in [0.717, 1.165) is 11.1 Å². The first kappa shape index (κ1) is 11.4. The fraction of sp³-hybridized carbons (Fsp3) is 0.333. The molecule has 1 aromatic carbocycles. The van der Waals surface area contributed by atoms with Gasteiger partial charge >= 0.3 is 12.0 Å². The Labute approximate surface area is 99.0 Å². The number of nitrogens with zero attached hydrogens (tertiary/aromatic N) is 1. The van der Waals surface area contributed by atoms with Gasteiger partial charge in [-0.25, -0.2) is 9.59 Å². The first-order valence-electron chi connectivity index (χ1n) is 5.37. The van der Waals surface area contributed by atoms with Crippen molar-refractivity contribution in [1.82, 2.24) is 5.32 Å². The van der Waals surface area contributed by atoms with Crippen molar-refractivity contribution >= 4 is 17.7 Å². The molecule has 17 heavy (non-hydrogen) atoms. The Morgan fingerprint density at radius 3 is 2.47 bits per heavy atom. The number of aliphatic carboxylic acids is 1. The van der Waals surface area contributed by atoms with E-state index in [0.29, 0.717) is 5.69 Å². The molecule has 1 unspecified atom stereocenters. The number of anilines is 1. The van der Waals surface area contributed by atoms with Crippen LogP contribution in [0.5, 0.6) is 0 Å². The van der Waals surface area contributed by atoms with E-state index in [1.807, 2.05) is 32.0 Å². The van der Waals surface area contributed by atoms with Gasteiger partial charge in [0.2, 0.25) is 0 Å². The number of carbonyl (C=O) groups excluding carboxylic acids is 1. The summed E-state index contributed by atoms with van der Waals surface area (Å²) in [6.07, 6.45) is 0. The second-order valence-corrected chi connectivity index (χ2v) is 4.26. The standard InChI is InChI=1S/C12H14N2O3/c1-7-3-8(2)5-9(4-7)14-10(11(15)16)6-13-12(14)17/h3-5,10H,6H2,1-2H3,(H,13,17)(H,15,16). The molecule has 1 heterocycles. The van der Waals surface area contributed by atoms with E-state index in [1.54, 1.807) is 0 Å². The molecule has 0 radical (unpaired) electrons. The maximum atomic E-state index is 11.7. The van der Waals surface area contributed by atoms with Gasteiger partial charge in [-0.1, -0.05) is 6.07 Å². The first-order valence-corrected chi connectivity index (χ1v) is 5.37. The summed E-state index contributed by atoms with van der Waals surface area (Å²) in [7, 11) is 0. The SMILES string of the molecule is Cc1cc(C)cc(N2C(=O)NCC2C(=O)O)c1. The van der Waals surface area contributed by atoms with Crippen LogP contribution in [0.1, 0.15) is 11.1 Å². The average molecular weight is 234 g/mol. The van der Waals surface area contributed by atoms with Crippen LogP contribution in [0.3, 0.4) is 0 Å². The summed E-state index contributed by atoms with van der Waals surface area (Å²) in [5.41, 5.74) is 2.64. The lowest BCUT2D eigenvalue weighted by Crippen LogP contribution is -2.39. The number of hydrogen-bond acceptors (Lipinski definition) is 2. The number of urea groups is 1. The molecule has 0 spiro atoms. The quantitative estimate of drug-likeness (QED) is 0.810. The first-order chi connectivity index (χ1) is 7.99. The van der Waals surface area contributed by atoms with Crippen LogP contribution < -0.4 is 10.2 Å². The van der Waals surface area contributed by atoms with Crippen LogP contribution in [0.2, 0.25) is 0 Å². The van der Waals surface area contributed by atoms with Crippen molar-refractivity contribution in [1.29, 1.82) is 0 Å². The number of nitrogens with one attached hydrogen (secondary N) is 1. The van der Waals surface area contributed by atoms with Gasteiger partial charge in [-0.3, -0.25) is 4.90 Å². The summed E-state index contributed by atoms with van der Waals surface area (Å²) in [6.45, 7) is 3.97. The molecule has 0 bridgehead atoms. The number of carbonyl (C=O) groups is 2. The Morgan fingerprint density at radius 1 is 1.35 bits per heavy atom. The van der Waals surface area contributed by atoms with Crippen molar-refractivity contribution in [3.05, 3.63) is 29.3 Å². The maximum absolute atomic E-state index is 11.7. The molecule has 5 nitrogen and oxygen atoms in total. The summed E-state index contributed by atoms with van der Waals surface area (Å²) in [5, 5.41) is 11.6. The molecule has 0 aliphatic carbocycles. The van der Waals surface area contributed by atoms with Gasteiger partial charge in [-0.05, 0) is 37.1 Å². The Kier molecular flexibility index (Phi) is 2.75. The number of hydrogen-bond donors (Lipinski definition) is 2. The molecule has 1 saturated heterocycles. The van der Waals surface area contributed by atoms with Crippen LogP contribution in [-0.4, -0.2) is 29.7 Å². The molecular formula is C12H14N2O3. The van der Waals surface area contributed by atoms with Crippen molar-refractivity contribution in [3.63, 3.8) is 0 Å². The smallest absolute Gasteiger partial charge is 0.328 e. The summed E-state index contributed by atoms with van der Waals surface area (Å²) in [6, 6.07) is 4.42. The normalized spacial score (nSPS) is 19.3. The zero-order valence-corrected chi connectivity index (χ0v) is 9.73. The van der Waals surface area contributed by atoms with Crippen LogP contribution in [0.25, 0.3) is 0 Å². The van der Waals surface area contributed by atoms with Gasteiger partial charge in [0, 0.05) is 5.69 Å². The summed E-state index contributed by atoms with van der Waals surface area (Å²) in [4.78, 5) is 24.0. The molecule has 0 saturated carbocycles. The third-order valence-corrected chi connectivity index (χ3v) is 2.75. The lowest BCUT2D eigenvalue weighted by atomic mass is 10.1. The zero-order chi connectivity index (χ0) is 12.6. The minimum absolute atomic E-state index is 0.140. The molecular weight excluding hydrogens is 220 g/mol. The van der Waals surface area contributed by atoms with E-state index in [9.17, 15) is 9.59 Å². The molecule has 90 valence electrons. The van der Waals surface area contributed by atoms with Crippen molar-refractivity contribution < 1.29 is 14.7 Å². The second-order valence-electron chi connectivity index (χ2n) is 4.26. The number of carboxylic acids is 1. The Bertz CT molecular complexity index is 464. The summed E-state index contributed by atoms with van der Waals surface area (Å²) >= 11 is 0. The van der Waals surface area contributed by atoms with Crippen molar-refractivity contribution in [3.8, 4) is 0 Å². The molecule has 0 aromatic heterocycles. The van der Waals surface area contributed by atoms with Gasteiger partial charge in [0.25, 0.3) is 0 Å². The van der Waals surface area contributed by atoms with Gasteiger partial charge in [0.05, 0.1) is 6.54 Å². The minimum atomic E-state index is -0.998. The van der Waals surface area contributed by atoms with Crippen LogP contribution in [-0.2, 0) is 4.79 Å². The predicted octanol–water partition coefficient (Wildman–Crippen LogP) is 1.29. The van der Waals surface area contributed by atoms with Crippen LogP contribution in [0.4, 0.5) is 10.5 Å². The van der Waals surface area contributed by atoms with E-state index < -0.39 is 12.0 Å². The van der Waals surface area contributed by atoms with Crippen LogP contribution in [0.15, 0.2) is 18.2 Å². The predicted molar refractivity (Wildman–Crippen MR) is 63.2 cm³/mol. The van der Waals surface area contributed by atoms with Crippen LogP contribution in [0, 0.1) is 13.8 Å². The Hall–Kier alpha value is -2.04. The van der Waals surface area contributed by atoms with Gasteiger partial charge in [-0.15, -0.1) is 0 Å². The molecule has 1 aromatic rings. The highest BCUT2D eigenvalue weighted by Gasteiger charge is 2.37. The minimum Gasteiger partial charge on any atom is -0.480 e. The van der Waals surface area contributed by atoms with Gasteiger partial charge in [0.15, 0.2) is 6.04 Å². The number of benzene rings is 1. The number of carboxylic acid groups (broad SMARTS) is 1. The third kappa shape index (κ3) is 2.08. The van der Waals surface area contributed by atoms with Crippen LogP contribution >= 0.6 is 0 Å². The average Bonchev–Trinajstić information content (AvgIpc) is 2.58. The van der Waals surface area contributed by atoms with E-state index in [2.05, 4.69) is 5.32 Å². The molecule has 1 atom stereocenters. The molecule has 2 N–H and O–H groups in total. The monoisotopic (exact) mass is 234 g/mol. The lowest BCUT2D eigenvalue weighted by Gasteiger charge is -2.20. The fourth-order valence-electron chi connectivity index (χ4n) is 2.09. The molecule has 1 aliphatic rings. The molecule has 2 amide bonds. The van der Waals surface area contributed by atoms with Gasteiger partial charge in [-0.2, -0.15) is 0 Å².